The molecule has 0 saturated carbocycles. The number of benzene rings is 5. The van der Waals surface area contributed by atoms with Gasteiger partial charge in [-0.3, -0.25) is 13.8 Å². The van der Waals surface area contributed by atoms with Crippen LogP contribution in [0.4, 0.5) is 17.1 Å². The summed E-state index contributed by atoms with van der Waals surface area (Å²) in [6.45, 7) is 1.80. The van der Waals surface area contributed by atoms with Crippen LogP contribution in [-0.2, 0) is 26.6 Å². The van der Waals surface area contributed by atoms with Crippen molar-refractivity contribution in [1.82, 2.24) is 0 Å². The summed E-state index contributed by atoms with van der Waals surface area (Å²) < 4.78 is 67.9. The fourth-order valence-electron chi connectivity index (χ4n) is 4.82. The molecule has 0 bridgehead atoms. The fraction of sp³-hybridized carbons (Fsp3) is 0.114. The number of hydrogen-bond donors (Lipinski definition) is 2. The number of rotatable bonds is 12. The first-order valence-electron chi connectivity index (χ1n) is 14.5. The molecule has 10 nitrogen and oxygen atoms in total. The van der Waals surface area contributed by atoms with Gasteiger partial charge >= 0.3 is 0 Å². The smallest absolute Gasteiger partial charge is 0.264 e. The second kappa shape index (κ2) is 14.4. The number of aryl methyl sites for hydroxylation is 1. The van der Waals surface area contributed by atoms with Gasteiger partial charge in [0.1, 0.15) is 11.5 Å². The van der Waals surface area contributed by atoms with E-state index in [1.54, 1.807) is 72.8 Å². The van der Waals surface area contributed by atoms with Crippen LogP contribution in [0.5, 0.6) is 11.5 Å². The molecule has 13 heteroatoms. The zero-order chi connectivity index (χ0) is 34.5. The van der Waals surface area contributed by atoms with Crippen LogP contribution in [0, 0.1) is 6.92 Å². The van der Waals surface area contributed by atoms with E-state index >= 15 is 0 Å². The molecule has 0 atom stereocenters. The van der Waals surface area contributed by atoms with E-state index in [4.69, 9.17) is 21.1 Å². The Bertz CT molecular complexity index is 2140. The molecule has 0 fully saturated rings. The molecule has 5 aromatic carbocycles. The van der Waals surface area contributed by atoms with Gasteiger partial charge in [0.2, 0.25) is 0 Å². The van der Waals surface area contributed by atoms with Crippen molar-refractivity contribution in [2.45, 2.75) is 23.3 Å². The molecule has 0 saturated heterocycles. The third kappa shape index (κ3) is 7.73. The van der Waals surface area contributed by atoms with E-state index in [2.05, 4.69) is 10.0 Å². The maximum absolute atomic E-state index is 13.8. The van der Waals surface area contributed by atoms with Gasteiger partial charge < -0.3 is 14.8 Å². The van der Waals surface area contributed by atoms with Crippen LogP contribution >= 0.6 is 11.6 Å². The van der Waals surface area contributed by atoms with Crippen molar-refractivity contribution in [3.63, 3.8) is 0 Å². The highest BCUT2D eigenvalue weighted by Crippen LogP contribution is 2.32. The Labute approximate surface area is 285 Å². The molecular weight excluding hydrogens is 674 g/mol. The maximum atomic E-state index is 13.8. The lowest BCUT2D eigenvalue weighted by Crippen LogP contribution is -2.31. The molecule has 0 aliphatic rings. The number of hydrogen-bond acceptors (Lipinski definition) is 7. The number of nitrogens with zero attached hydrogens (tertiary/aromatic N) is 1. The topological polar surface area (TPSA) is 131 Å². The van der Waals surface area contributed by atoms with E-state index in [0.717, 1.165) is 5.56 Å². The zero-order valence-electron chi connectivity index (χ0n) is 26.2. The lowest BCUT2D eigenvalue weighted by Gasteiger charge is -2.26. The summed E-state index contributed by atoms with van der Waals surface area (Å²) in [5, 5.41) is 3.15. The summed E-state index contributed by atoms with van der Waals surface area (Å²) >= 11 is 6.26. The lowest BCUT2D eigenvalue weighted by molar-refractivity contribution is 0.102. The second-order valence-electron chi connectivity index (χ2n) is 10.6. The van der Waals surface area contributed by atoms with Crippen molar-refractivity contribution >= 4 is 54.6 Å². The zero-order valence-corrected chi connectivity index (χ0v) is 28.6. The van der Waals surface area contributed by atoms with Crippen molar-refractivity contribution < 1.29 is 31.1 Å². The lowest BCUT2D eigenvalue weighted by atomic mass is 10.1. The molecule has 1 amide bonds. The summed E-state index contributed by atoms with van der Waals surface area (Å²) in [5.41, 5.74) is 2.71. The summed E-state index contributed by atoms with van der Waals surface area (Å²) in [6, 6.07) is 30.2. The number of anilines is 3. The number of ether oxygens (including phenoxy) is 2. The van der Waals surface area contributed by atoms with E-state index in [1.165, 1.54) is 61.0 Å². The average Bonchev–Trinajstić information content (AvgIpc) is 3.09. The standard InChI is InChI=1S/C35H32ClN3O7S2/c1-24-9-14-27(36)21-33(24)39(48(43,44)31-7-5-4-6-8-31)23-25-10-12-26(13-11-25)35(40)37-28-15-18-30(19-16-28)47(41,42)38-32-22-29(45-2)17-20-34(32)46-3/h4-22,38H,23H2,1-3H3,(H,37,40). The van der Waals surface area contributed by atoms with Crippen LogP contribution in [-0.4, -0.2) is 37.0 Å². The first-order valence-corrected chi connectivity index (χ1v) is 17.8. The van der Waals surface area contributed by atoms with Gasteiger partial charge in [0.25, 0.3) is 26.0 Å². The van der Waals surface area contributed by atoms with Gasteiger partial charge in [-0.2, -0.15) is 0 Å². The molecular formula is C35H32ClN3O7S2. The monoisotopic (exact) mass is 705 g/mol. The number of halogens is 1. The minimum atomic E-state index is -3.99. The predicted octanol–water partition coefficient (Wildman–Crippen LogP) is 7.11. The van der Waals surface area contributed by atoms with Crippen molar-refractivity contribution in [3.8, 4) is 11.5 Å². The van der Waals surface area contributed by atoms with Gasteiger partial charge in [-0.05, 0) is 90.8 Å². The molecule has 0 heterocycles. The van der Waals surface area contributed by atoms with Gasteiger partial charge in [-0.1, -0.05) is 48.0 Å². The Balaban J connectivity index is 1.31. The van der Waals surface area contributed by atoms with Crippen molar-refractivity contribution in [1.29, 1.82) is 0 Å². The molecule has 5 rings (SSSR count). The minimum Gasteiger partial charge on any atom is -0.497 e. The van der Waals surface area contributed by atoms with E-state index in [0.29, 0.717) is 39.0 Å². The van der Waals surface area contributed by atoms with E-state index < -0.39 is 26.0 Å². The van der Waals surface area contributed by atoms with Crippen molar-refractivity contribution in [2.75, 3.05) is 28.6 Å². The minimum absolute atomic E-state index is 0.00802. The summed E-state index contributed by atoms with van der Waals surface area (Å²) in [7, 11) is -5.05. The number of nitrogens with one attached hydrogen (secondary N) is 2. The Morgan fingerprint density at radius 3 is 2.10 bits per heavy atom. The van der Waals surface area contributed by atoms with Crippen LogP contribution in [0.2, 0.25) is 5.02 Å². The van der Waals surface area contributed by atoms with Gasteiger partial charge in [-0.15, -0.1) is 0 Å². The first kappa shape index (κ1) is 34.3. The van der Waals surface area contributed by atoms with Gasteiger partial charge in [0, 0.05) is 22.3 Å². The Hall–Kier alpha value is -5.04. The van der Waals surface area contributed by atoms with E-state index in [-0.39, 0.29) is 22.0 Å². The highest BCUT2D eigenvalue weighted by molar-refractivity contribution is 7.93. The number of methoxy groups -OCH3 is 2. The molecule has 0 aromatic heterocycles. The molecule has 48 heavy (non-hydrogen) atoms. The van der Waals surface area contributed by atoms with Gasteiger partial charge in [-0.25, -0.2) is 16.8 Å². The van der Waals surface area contributed by atoms with Crippen LogP contribution in [0.1, 0.15) is 21.5 Å². The number of sulfonamides is 2. The Morgan fingerprint density at radius 1 is 0.771 bits per heavy atom. The number of amides is 1. The fourth-order valence-corrected chi connectivity index (χ4v) is 7.57. The van der Waals surface area contributed by atoms with Crippen LogP contribution in [0.15, 0.2) is 125 Å². The highest BCUT2D eigenvalue weighted by Gasteiger charge is 2.27. The molecule has 0 aliphatic carbocycles. The molecule has 0 spiro atoms. The molecule has 0 radical (unpaired) electrons. The average molecular weight is 706 g/mol. The molecule has 248 valence electrons. The Morgan fingerprint density at radius 2 is 1.46 bits per heavy atom. The Kier molecular flexibility index (Phi) is 10.3. The predicted molar refractivity (Wildman–Crippen MR) is 187 cm³/mol. The molecule has 0 unspecified atom stereocenters. The third-order valence-electron chi connectivity index (χ3n) is 7.39. The van der Waals surface area contributed by atoms with Gasteiger partial charge in [0.05, 0.1) is 41.9 Å². The van der Waals surface area contributed by atoms with Crippen molar-refractivity contribution in [3.05, 3.63) is 137 Å². The summed E-state index contributed by atoms with van der Waals surface area (Å²) in [4.78, 5) is 13.2. The van der Waals surface area contributed by atoms with E-state index in [9.17, 15) is 21.6 Å². The number of carbonyl (C=O) groups excluding carboxylic acids is 1. The second-order valence-corrected chi connectivity index (χ2v) is 14.6. The largest absolute Gasteiger partial charge is 0.497 e. The maximum Gasteiger partial charge on any atom is 0.264 e. The SMILES string of the molecule is COc1ccc(OC)c(NS(=O)(=O)c2ccc(NC(=O)c3ccc(CN(c4cc(Cl)ccc4C)S(=O)(=O)c4ccccc4)cc3)cc2)c1. The van der Waals surface area contributed by atoms with Gasteiger partial charge in [0.15, 0.2) is 0 Å². The first-order chi connectivity index (χ1) is 22.9. The van der Waals surface area contributed by atoms with Crippen molar-refractivity contribution in [2.24, 2.45) is 0 Å². The third-order valence-corrected chi connectivity index (χ3v) is 10.8. The quantitative estimate of drug-likeness (QED) is 0.141. The molecule has 0 aliphatic heterocycles. The summed E-state index contributed by atoms with van der Waals surface area (Å²) in [5.74, 6) is 0.334. The molecule has 2 N–H and O–H groups in total. The normalized spacial score (nSPS) is 11.4. The van der Waals surface area contributed by atoms with Crippen LogP contribution in [0.25, 0.3) is 0 Å². The van der Waals surface area contributed by atoms with Crippen LogP contribution < -0.4 is 23.8 Å². The summed E-state index contributed by atoms with van der Waals surface area (Å²) in [6.07, 6.45) is 0. The highest BCUT2D eigenvalue weighted by atomic mass is 35.5. The molecule has 5 aromatic rings. The number of carbonyl (C=O) groups is 1. The van der Waals surface area contributed by atoms with Crippen LogP contribution in [0.3, 0.4) is 0 Å². The van der Waals surface area contributed by atoms with E-state index in [1.807, 2.05) is 6.92 Å².